The molecule has 0 bridgehead atoms. The number of aryl methyl sites for hydroxylation is 1. The molecule has 0 amide bonds. The normalized spacial score (nSPS) is 16.5. The minimum atomic E-state index is 0.437. The molecule has 0 spiro atoms. The van der Waals surface area contributed by atoms with Gasteiger partial charge < -0.3 is 0 Å². The van der Waals surface area contributed by atoms with Gasteiger partial charge in [0.15, 0.2) is 5.82 Å². The van der Waals surface area contributed by atoms with Gasteiger partial charge in [0, 0.05) is 11.6 Å². The molecule has 1 atom stereocenters. The Hall–Kier alpha value is -2.24. The van der Waals surface area contributed by atoms with E-state index in [2.05, 4.69) is 46.3 Å². The van der Waals surface area contributed by atoms with Gasteiger partial charge in [0.05, 0.1) is 6.67 Å². The van der Waals surface area contributed by atoms with Crippen LogP contribution < -0.4 is 0 Å². The zero-order chi connectivity index (χ0) is 16.5. The van der Waals surface area contributed by atoms with Crippen molar-refractivity contribution in [2.24, 2.45) is 0 Å². The number of hydrogen-bond acceptors (Lipinski definition) is 3. The molecule has 4 nitrogen and oxygen atoms in total. The van der Waals surface area contributed by atoms with Crippen molar-refractivity contribution in [1.29, 1.82) is 0 Å². The number of rotatable bonds is 4. The van der Waals surface area contributed by atoms with Gasteiger partial charge in [-0.15, -0.1) is 0 Å². The Kier molecular flexibility index (Phi) is 4.04. The number of hydrogen-bond donors (Lipinski definition) is 1. The standard InChI is InChI=1S/C19H20N4S/c1-22(17-12-11-14-7-5-6-10-16(14)17)13-23-19(24)20-18(21-23)15-8-3-2-4-9-15/h2-10,17H,11-13H2,1H3,(H,20,21,24). The molecule has 0 saturated heterocycles. The Labute approximate surface area is 146 Å². The van der Waals surface area contributed by atoms with E-state index in [0.29, 0.717) is 17.5 Å². The van der Waals surface area contributed by atoms with Gasteiger partial charge in [-0.3, -0.25) is 10.00 Å². The van der Waals surface area contributed by atoms with E-state index in [4.69, 9.17) is 12.2 Å². The largest absolute Gasteiger partial charge is 0.280 e. The van der Waals surface area contributed by atoms with Gasteiger partial charge in [0.1, 0.15) is 0 Å². The topological polar surface area (TPSA) is 36.9 Å². The zero-order valence-electron chi connectivity index (χ0n) is 13.6. The Balaban J connectivity index is 1.56. The first-order valence-electron chi connectivity index (χ1n) is 8.22. The number of H-pyrrole nitrogens is 1. The Morgan fingerprint density at radius 2 is 1.92 bits per heavy atom. The lowest BCUT2D eigenvalue weighted by Gasteiger charge is -2.25. The summed E-state index contributed by atoms with van der Waals surface area (Å²) in [4.78, 5) is 6.84. The van der Waals surface area contributed by atoms with E-state index in [-0.39, 0.29) is 0 Å². The summed E-state index contributed by atoms with van der Waals surface area (Å²) >= 11 is 5.44. The Morgan fingerprint density at radius 3 is 2.75 bits per heavy atom. The summed E-state index contributed by atoms with van der Waals surface area (Å²) < 4.78 is 2.53. The highest BCUT2D eigenvalue weighted by Crippen LogP contribution is 2.34. The van der Waals surface area contributed by atoms with Gasteiger partial charge in [-0.1, -0.05) is 54.6 Å². The second-order valence-corrected chi connectivity index (χ2v) is 6.67. The predicted octanol–water partition coefficient (Wildman–Crippen LogP) is 4.18. The van der Waals surface area contributed by atoms with Crippen molar-refractivity contribution in [2.45, 2.75) is 25.6 Å². The maximum atomic E-state index is 5.44. The number of aromatic nitrogens is 3. The SMILES string of the molecule is CN(Cn1[nH]c(-c2ccccc2)nc1=S)C1CCc2ccccc21. The lowest BCUT2D eigenvalue weighted by Crippen LogP contribution is -2.26. The predicted molar refractivity (Wildman–Crippen MR) is 98.1 cm³/mol. The molecular formula is C19H20N4S. The van der Waals surface area contributed by atoms with Gasteiger partial charge >= 0.3 is 0 Å². The summed E-state index contributed by atoms with van der Waals surface area (Å²) in [6, 6.07) is 19.2. The zero-order valence-corrected chi connectivity index (χ0v) is 14.5. The van der Waals surface area contributed by atoms with Crippen LogP contribution in [0, 0.1) is 4.77 Å². The number of nitrogens with one attached hydrogen (secondary N) is 1. The summed E-state index contributed by atoms with van der Waals surface area (Å²) in [5, 5.41) is 3.34. The van der Waals surface area contributed by atoms with Crippen LogP contribution in [0.15, 0.2) is 54.6 Å². The van der Waals surface area contributed by atoms with Crippen LogP contribution in [0.2, 0.25) is 0 Å². The third-order valence-corrected chi connectivity index (χ3v) is 5.04. The lowest BCUT2D eigenvalue weighted by molar-refractivity contribution is 0.182. The van der Waals surface area contributed by atoms with E-state index < -0.39 is 0 Å². The first kappa shape index (κ1) is 15.3. The van der Waals surface area contributed by atoms with E-state index >= 15 is 0 Å². The highest BCUT2D eigenvalue weighted by atomic mass is 32.1. The number of benzene rings is 2. The molecule has 1 aliphatic rings. The van der Waals surface area contributed by atoms with Gasteiger partial charge in [0.2, 0.25) is 4.77 Å². The molecule has 1 aromatic heterocycles. The summed E-state index contributed by atoms with van der Waals surface area (Å²) in [5.74, 6) is 0.820. The van der Waals surface area contributed by atoms with Gasteiger partial charge in [0.25, 0.3) is 0 Å². The molecule has 4 rings (SSSR count). The first-order valence-corrected chi connectivity index (χ1v) is 8.63. The second kappa shape index (κ2) is 6.34. The highest BCUT2D eigenvalue weighted by molar-refractivity contribution is 7.71. The molecular weight excluding hydrogens is 316 g/mol. The highest BCUT2D eigenvalue weighted by Gasteiger charge is 2.25. The van der Waals surface area contributed by atoms with Crippen LogP contribution in [-0.4, -0.2) is 26.7 Å². The third-order valence-electron chi connectivity index (χ3n) is 4.72. The van der Waals surface area contributed by atoms with Crippen molar-refractivity contribution in [1.82, 2.24) is 19.7 Å². The Morgan fingerprint density at radius 1 is 1.17 bits per heavy atom. The maximum absolute atomic E-state index is 5.44. The minimum absolute atomic E-state index is 0.437. The molecule has 5 heteroatoms. The molecule has 0 fully saturated rings. The van der Waals surface area contributed by atoms with E-state index in [1.54, 1.807) is 0 Å². The minimum Gasteiger partial charge on any atom is -0.280 e. The summed E-state index contributed by atoms with van der Waals surface area (Å²) in [6.07, 6.45) is 2.30. The van der Waals surface area contributed by atoms with Gasteiger partial charge in [-0.05, 0) is 43.2 Å². The van der Waals surface area contributed by atoms with Crippen molar-refractivity contribution in [3.8, 4) is 11.4 Å². The van der Waals surface area contributed by atoms with Crippen molar-refractivity contribution in [3.05, 3.63) is 70.5 Å². The molecule has 0 aliphatic heterocycles. The van der Waals surface area contributed by atoms with Crippen molar-refractivity contribution in [3.63, 3.8) is 0 Å². The fourth-order valence-electron chi connectivity index (χ4n) is 3.49. The molecule has 3 aromatic rings. The second-order valence-electron chi connectivity index (χ2n) is 6.30. The van der Waals surface area contributed by atoms with Crippen LogP contribution in [0.25, 0.3) is 11.4 Å². The van der Waals surface area contributed by atoms with Crippen LogP contribution in [0.4, 0.5) is 0 Å². The summed E-state index contributed by atoms with van der Waals surface area (Å²) in [6.45, 7) is 0.706. The van der Waals surface area contributed by atoms with E-state index in [9.17, 15) is 0 Å². The monoisotopic (exact) mass is 336 g/mol. The summed E-state index contributed by atoms with van der Waals surface area (Å²) in [5.41, 5.74) is 3.96. The summed E-state index contributed by atoms with van der Waals surface area (Å²) in [7, 11) is 2.15. The van der Waals surface area contributed by atoms with Crippen molar-refractivity contribution in [2.75, 3.05) is 7.05 Å². The molecule has 122 valence electrons. The quantitative estimate of drug-likeness (QED) is 0.726. The molecule has 1 heterocycles. The molecule has 1 N–H and O–H groups in total. The van der Waals surface area contributed by atoms with Crippen molar-refractivity contribution < 1.29 is 0 Å². The molecule has 0 saturated carbocycles. The first-order chi connectivity index (χ1) is 11.7. The van der Waals surface area contributed by atoms with Crippen LogP contribution in [0.5, 0.6) is 0 Å². The van der Waals surface area contributed by atoms with Gasteiger partial charge in [-0.2, -0.15) is 4.98 Å². The van der Waals surface area contributed by atoms with Crippen LogP contribution in [-0.2, 0) is 13.1 Å². The number of aromatic amines is 1. The van der Waals surface area contributed by atoms with Crippen molar-refractivity contribution >= 4 is 12.2 Å². The van der Waals surface area contributed by atoms with Crippen LogP contribution in [0.3, 0.4) is 0 Å². The number of fused-ring (bicyclic) bond motifs is 1. The van der Waals surface area contributed by atoms with E-state index in [1.165, 1.54) is 11.1 Å². The lowest BCUT2D eigenvalue weighted by atomic mass is 10.1. The van der Waals surface area contributed by atoms with E-state index in [0.717, 1.165) is 24.2 Å². The smallest absolute Gasteiger partial charge is 0.217 e. The third kappa shape index (κ3) is 2.81. The molecule has 0 radical (unpaired) electrons. The molecule has 1 aliphatic carbocycles. The number of nitrogens with zero attached hydrogens (tertiary/aromatic N) is 3. The maximum Gasteiger partial charge on any atom is 0.217 e. The molecule has 1 unspecified atom stereocenters. The van der Waals surface area contributed by atoms with Crippen LogP contribution >= 0.6 is 12.2 Å². The Bertz CT molecular complexity index is 897. The fraction of sp³-hybridized carbons (Fsp3) is 0.263. The average molecular weight is 336 g/mol. The average Bonchev–Trinajstić information content (AvgIpc) is 3.20. The molecule has 2 aromatic carbocycles. The fourth-order valence-corrected chi connectivity index (χ4v) is 3.69. The van der Waals surface area contributed by atoms with Gasteiger partial charge in [-0.25, -0.2) is 4.68 Å². The molecule has 24 heavy (non-hydrogen) atoms. The van der Waals surface area contributed by atoms with E-state index in [1.807, 2.05) is 35.0 Å². The van der Waals surface area contributed by atoms with Crippen LogP contribution in [0.1, 0.15) is 23.6 Å².